The van der Waals surface area contributed by atoms with Crippen LogP contribution in [0, 0.1) is 18.3 Å². The van der Waals surface area contributed by atoms with Crippen LogP contribution in [0.5, 0.6) is 0 Å². The highest BCUT2D eigenvalue weighted by Gasteiger charge is 2.27. The molecule has 0 aromatic heterocycles. The first kappa shape index (κ1) is 12.6. The Balaban J connectivity index is 2.02. The van der Waals surface area contributed by atoms with E-state index in [0.717, 1.165) is 12.1 Å². The van der Waals surface area contributed by atoms with Crippen molar-refractivity contribution in [1.82, 2.24) is 10.2 Å². The summed E-state index contributed by atoms with van der Waals surface area (Å²) in [5.41, 5.74) is 2.35. The second-order valence-electron chi connectivity index (χ2n) is 4.61. The Morgan fingerprint density at radius 3 is 2.83 bits per heavy atom. The van der Waals surface area contributed by atoms with E-state index in [1.165, 1.54) is 5.56 Å². The van der Waals surface area contributed by atoms with Crippen LogP contribution in [0.3, 0.4) is 0 Å². The highest BCUT2D eigenvalue weighted by atomic mass is 16.2. The Kier molecular flexibility index (Phi) is 3.96. The second kappa shape index (κ2) is 5.65. The van der Waals surface area contributed by atoms with Crippen LogP contribution in [0.4, 0.5) is 0 Å². The van der Waals surface area contributed by atoms with Crippen molar-refractivity contribution in [3.63, 3.8) is 0 Å². The van der Waals surface area contributed by atoms with Crippen molar-refractivity contribution in [1.29, 1.82) is 5.26 Å². The van der Waals surface area contributed by atoms with Gasteiger partial charge in [0.05, 0.1) is 12.5 Å². The highest BCUT2D eigenvalue weighted by molar-refractivity contribution is 5.82. The Hall–Kier alpha value is -1.86. The lowest BCUT2D eigenvalue weighted by Gasteiger charge is -2.32. The number of piperazine rings is 1. The van der Waals surface area contributed by atoms with Gasteiger partial charge in [-0.3, -0.25) is 4.79 Å². The molecule has 1 aliphatic heterocycles. The van der Waals surface area contributed by atoms with Gasteiger partial charge in [0.25, 0.3) is 0 Å². The molecule has 1 saturated heterocycles. The van der Waals surface area contributed by atoms with Crippen LogP contribution < -0.4 is 5.32 Å². The molecule has 4 nitrogen and oxygen atoms in total. The van der Waals surface area contributed by atoms with Crippen molar-refractivity contribution in [3.05, 3.63) is 35.4 Å². The molecule has 1 amide bonds. The van der Waals surface area contributed by atoms with Crippen LogP contribution in [0.25, 0.3) is 0 Å². The molecule has 1 N–H and O–H groups in total. The first-order valence-corrected chi connectivity index (χ1v) is 6.15. The molecule has 0 spiro atoms. The topological polar surface area (TPSA) is 56.1 Å². The Morgan fingerprint density at radius 2 is 2.17 bits per heavy atom. The Bertz CT molecular complexity index is 461. The number of benzene rings is 1. The molecule has 2 rings (SSSR count). The van der Waals surface area contributed by atoms with Crippen LogP contribution >= 0.6 is 0 Å². The third-order valence-corrected chi connectivity index (χ3v) is 3.17. The molecule has 1 aliphatic rings. The van der Waals surface area contributed by atoms with E-state index in [2.05, 4.69) is 17.4 Å². The molecular weight excluding hydrogens is 226 g/mol. The molecule has 4 heteroatoms. The molecule has 1 atom stereocenters. The predicted octanol–water partition coefficient (Wildman–Crippen LogP) is 1.21. The van der Waals surface area contributed by atoms with Gasteiger partial charge in [-0.25, -0.2) is 0 Å². The summed E-state index contributed by atoms with van der Waals surface area (Å²) in [5, 5.41) is 11.8. The number of hydrogen-bond donors (Lipinski definition) is 1. The lowest BCUT2D eigenvalue weighted by molar-refractivity contribution is -0.136. The van der Waals surface area contributed by atoms with Gasteiger partial charge in [0.15, 0.2) is 0 Å². The summed E-state index contributed by atoms with van der Waals surface area (Å²) < 4.78 is 0. The minimum atomic E-state index is -0.339. The third-order valence-electron chi connectivity index (χ3n) is 3.17. The van der Waals surface area contributed by atoms with Gasteiger partial charge < -0.3 is 10.2 Å². The molecule has 0 bridgehead atoms. The van der Waals surface area contributed by atoms with Crippen molar-refractivity contribution < 1.29 is 4.79 Å². The fourth-order valence-electron chi connectivity index (χ4n) is 2.11. The molecule has 1 aromatic carbocycles. The van der Waals surface area contributed by atoms with Gasteiger partial charge in [-0.1, -0.05) is 29.8 Å². The van der Waals surface area contributed by atoms with Crippen LogP contribution in [0.1, 0.15) is 17.5 Å². The smallest absolute Gasteiger partial charge is 0.241 e. The number of nitrogens with one attached hydrogen (secondary N) is 1. The zero-order chi connectivity index (χ0) is 13.0. The normalized spacial score (nSPS) is 19.7. The van der Waals surface area contributed by atoms with Crippen LogP contribution in [-0.4, -0.2) is 29.9 Å². The number of carbonyl (C=O) groups excluding carboxylic acids is 1. The monoisotopic (exact) mass is 243 g/mol. The van der Waals surface area contributed by atoms with E-state index in [9.17, 15) is 4.79 Å². The largest absolute Gasteiger partial charge is 0.336 e. The van der Waals surface area contributed by atoms with Crippen molar-refractivity contribution in [2.24, 2.45) is 0 Å². The van der Waals surface area contributed by atoms with Crippen LogP contribution in [0.2, 0.25) is 0 Å². The van der Waals surface area contributed by atoms with Gasteiger partial charge in [-0.15, -0.1) is 0 Å². The quantitative estimate of drug-likeness (QED) is 0.868. The number of nitrogens with zero attached hydrogens (tertiary/aromatic N) is 2. The SMILES string of the molecule is Cc1ccc(CN2CCNC(CC#N)C2=O)cc1. The summed E-state index contributed by atoms with van der Waals surface area (Å²) in [6, 6.07) is 9.90. The van der Waals surface area contributed by atoms with E-state index in [1.807, 2.05) is 30.0 Å². The number of amides is 1. The standard InChI is InChI=1S/C14H17N3O/c1-11-2-4-12(5-3-11)10-17-9-8-16-13(6-7-15)14(17)18/h2-5,13,16H,6,8-10H2,1H3. The van der Waals surface area contributed by atoms with E-state index in [1.54, 1.807) is 0 Å². The Morgan fingerprint density at radius 1 is 1.44 bits per heavy atom. The molecular formula is C14H17N3O. The minimum absolute atomic E-state index is 0.0309. The summed E-state index contributed by atoms with van der Waals surface area (Å²) in [6.07, 6.45) is 0.239. The summed E-state index contributed by atoms with van der Waals surface area (Å²) in [4.78, 5) is 13.9. The fraction of sp³-hybridized carbons (Fsp3) is 0.429. The van der Waals surface area contributed by atoms with Crippen molar-refractivity contribution >= 4 is 5.91 Å². The second-order valence-corrected chi connectivity index (χ2v) is 4.61. The van der Waals surface area contributed by atoms with E-state index in [0.29, 0.717) is 13.1 Å². The molecule has 18 heavy (non-hydrogen) atoms. The maximum absolute atomic E-state index is 12.1. The molecule has 1 unspecified atom stereocenters. The van der Waals surface area contributed by atoms with E-state index < -0.39 is 0 Å². The molecule has 0 radical (unpaired) electrons. The minimum Gasteiger partial charge on any atom is -0.336 e. The molecule has 1 heterocycles. The summed E-state index contributed by atoms with van der Waals surface area (Å²) in [5.74, 6) is 0.0309. The highest BCUT2D eigenvalue weighted by Crippen LogP contribution is 2.11. The zero-order valence-electron chi connectivity index (χ0n) is 10.5. The fourth-order valence-corrected chi connectivity index (χ4v) is 2.11. The molecule has 94 valence electrons. The van der Waals surface area contributed by atoms with Crippen LogP contribution in [-0.2, 0) is 11.3 Å². The van der Waals surface area contributed by atoms with Crippen molar-refractivity contribution in [3.8, 4) is 6.07 Å². The number of carbonyl (C=O) groups is 1. The summed E-state index contributed by atoms with van der Waals surface area (Å²) in [6.45, 7) is 4.13. The predicted molar refractivity (Wildman–Crippen MR) is 68.6 cm³/mol. The van der Waals surface area contributed by atoms with Gasteiger partial charge in [-0.2, -0.15) is 5.26 Å². The number of rotatable bonds is 3. The number of aryl methyl sites for hydroxylation is 1. The summed E-state index contributed by atoms with van der Waals surface area (Å²) >= 11 is 0. The lowest BCUT2D eigenvalue weighted by Crippen LogP contribution is -2.54. The number of hydrogen-bond acceptors (Lipinski definition) is 3. The van der Waals surface area contributed by atoms with Gasteiger partial charge in [0, 0.05) is 19.6 Å². The maximum Gasteiger partial charge on any atom is 0.241 e. The molecule has 0 saturated carbocycles. The maximum atomic E-state index is 12.1. The zero-order valence-corrected chi connectivity index (χ0v) is 10.5. The van der Waals surface area contributed by atoms with Gasteiger partial charge in [-0.05, 0) is 12.5 Å². The van der Waals surface area contributed by atoms with E-state index in [-0.39, 0.29) is 18.4 Å². The average Bonchev–Trinajstić information content (AvgIpc) is 2.37. The molecule has 0 aliphatic carbocycles. The Labute approximate surface area is 107 Å². The first-order valence-electron chi connectivity index (χ1n) is 6.15. The molecule has 1 aromatic rings. The van der Waals surface area contributed by atoms with Crippen molar-refractivity contribution in [2.75, 3.05) is 13.1 Å². The lowest BCUT2D eigenvalue weighted by atomic mass is 10.1. The molecule has 1 fully saturated rings. The van der Waals surface area contributed by atoms with Crippen LogP contribution in [0.15, 0.2) is 24.3 Å². The van der Waals surface area contributed by atoms with Crippen molar-refractivity contribution in [2.45, 2.75) is 25.9 Å². The number of nitriles is 1. The van der Waals surface area contributed by atoms with Gasteiger partial charge in [0.2, 0.25) is 5.91 Å². The average molecular weight is 243 g/mol. The first-order chi connectivity index (χ1) is 8.70. The van der Waals surface area contributed by atoms with E-state index >= 15 is 0 Å². The van der Waals surface area contributed by atoms with Gasteiger partial charge >= 0.3 is 0 Å². The van der Waals surface area contributed by atoms with Gasteiger partial charge in [0.1, 0.15) is 6.04 Å². The third kappa shape index (κ3) is 2.88. The van der Waals surface area contributed by atoms with E-state index in [4.69, 9.17) is 5.26 Å². The summed E-state index contributed by atoms with van der Waals surface area (Å²) in [7, 11) is 0.